The van der Waals surface area contributed by atoms with Crippen molar-refractivity contribution >= 4 is 11.9 Å². The number of likely N-dealkylation sites (N-methyl/N-ethyl adjacent to an activating group) is 1. The molecule has 1 atom stereocenters. The van der Waals surface area contributed by atoms with Gasteiger partial charge in [-0.1, -0.05) is 18.2 Å². The standard InChI is InChI=1S/C10H15N3S/c1-11-6-8-2-4-9(5-3-8)10-7-14-13-12-10/h2-4,7,9,11-13H,5-6H2,1H3. The van der Waals surface area contributed by atoms with Crippen LogP contribution in [-0.4, -0.2) is 13.6 Å². The summed E-state index contributed by atoms with van der Waals surface area (Å²) in [6.07, 6.45) is 7.86. The van der Waals surface area contributed by atoms with Crippen LogP contribution < -0.4 is 15.6 Å². The Bertz CT molecular complexity index is 294. The summed E-state index contributed by atoms with van der Waals surface area (Å²) in [6, 6.07) is 0. The van der Waals surface area contributed by atoms with Crippen molar-refractivity contribution in [1.29, 1.82) is 0 Å². The van der Waals surface area contributed by atoms with E-state index in [1.807, 2.05) is 7.05 Å². The van der Waals surface area contributed by atoms with Crippen LogP contribution in [0.1, 0.15) is 6.42 Å². The van der Waals surface area contributed by atoms with Crippen LogP contribution in [0.5, 0.6) is 0 Å². The summed E-state index contributed by atoms with van der Waals surface area (Å²) in [4.78, 5) is 3.01. The molecular formula is C10H15N3S. The molecule has 0 aromatic heterocycles. The fourth-order valence-electron chi connectivity index (χ4n) is 1.62. The fraction of sp³-hybridized carbons (Fsp3) is 0.400. The summed E-state index contributed by atoms with van der Waals surface area (Å²) in [5.41, 5.74) is 5.80. The van der Waals surface area contributed by atoms with Crippen molar-refractivity contribution in [3.05, 3.63) is 34.9 Å². The Balaban J connectivity index is 1.93. The third-order valence-electron chi connectivity index (χ3n) is 2.40. The van der Waals surface area contributed by atoms with E-state index in [2.05, 4.69) is 39.2 Å². The lowest BCUT2D eigenvalue weighted by molar-refractivity contribution is 0.659. The van der Waals surface area contributed by atoms with Crippen LogP contribution in [0.15, 0.2) is 34.9 Å². The highest BCUT2D eigenvalue weighted by atomic mass is 32.2. The highest BCUT2D eigenvalue weighted by molar-refractivity contribution is 8.00. The lowest BCUT2D eigenvalue weighted by Gasteiger charge is -2.17. The highest BCUT2D eigenvalue weighted by Crippen LogP contribution is 2.25. The van der Waals surface area contributed by atoms with Crippen molar-refractivity contribution < 1.29 is 0 Å². The van der Waals surface area contributed by atoms with Crippen LogP contribution in [0.4, 0.5) is 0 Å². The van der Waals surface area contributed by atoms with Gasteiger partial charge >= 0.3 is 0 Å². The predicted octanol–water partition coefficient (Wildman–Crippen LogP) is 1.31. The van der Waals surface area contributed by atoms with Crippen molar-refractivity contribution in [3.63, 3.8) is 0 Å². The average molecular weight is 209 g/mol. The molecule has 3 N–H and O–H groups in total. The third-order valence-corrected chi connectivity index (χ3v) is 2.99. The molecule has 1 heterocycles. The molecule has 0 aromatic carbocycles. The minimum atomic E-state index is 0.512. The van der Waals surface area contributed by atoms with Crippen molar-refractivity contribution in [1.82, 2.24) is 15.6 Å². The number of hydrogen-bond acceptors (Lipinski definition) is 4. The first kappa shape index (κ1) is 9.83. The van der Waals surface area contributed by atoms with E-state index >= 15 is 0 Å². The lowest BCUT2D eigenvalue weighted by atomic mass is 9.94. The van der Waals surface area contributed by atoms with E-state index in [9.17, 15) is 0 Å². The molecule has 14 heavy (non-hydrogen) atoms. The Morgan fingerprint density at radius 2 is 2.57 bits per heavy atom. The minimum Gasteiger partial charge on any atom is -0.316 e. The number of hydrogen-bond donors (Lipinski definition) is 3. The second-order valence-corrected chi connectivity index (χ2v) is 4.10. The summed E-state index contributed by atoms with van der Waals surface area (Å²) in [5.74, 6) is 0.512. The van der Waals surface area contributed by atoms with Crippen LogP contribution in [0, 0.1) is 5.92 Å². The van der Waals surface area contributed by atoms with Crippen LogP contribution in [0.3, 0.4) is 0 Å². The maximum Gasteiger partial charge on any atom is 0.0419 e. The van der Waals surface area contributed by atoms with E-state index < -0.39 is 0 Å². The van der Waals surface area contributed by atoms with Crippen molar-refractivity contribution in [2.75, 3.05) is 13.6 Å². The van der Waals surface area contributed by atoms with E-state index in [-0.39, 0.29) is 0 Å². The molecule has 0 amide bonds. The molecule has 4 heteroatoms. The van der Waals surface area contributed by atoms with Gasteiger partial charge in [0.25, 0.3) is 0 Å². The smallest absolute Gasteiger partial charge is 0.0419 e. The number of allylic oxidation sites excluding steroid dienone is 2. The maximum absolute atomic E-state index is 3.16. The van der Waals surface area contributed by atoms with Gasteiger partial charge in [-0.05, 0) is 31.0 Å². The Morgan fingerprint density at radius 3 is 3.14 bits per heavy atom. The molecule has 3 nitrogen and oxygen atoms in total. The van der Waals surface area contributed by atoms with Gasteiger partial charge in [0.05, 0.1) is 0 Å². The van der Waals surface area contributed by atoms with Gasteiger partial charge in [-0.25, -0.2) is 0 Å². The van der Waals surface area contributed by atoms with Crippen molar-refractivity contribution in [2.45, 2.75) is 6.42 Å². The van der Waals surface area contributed by atoms with Gasteiger partial charge in [0.1, 0.15) is 0 Å². The molecule has 76 valence electrons. The minimum absolute atomic E-state index is 0.512. The Morgan fingerprint density at radius 1 is 1.64 bits per heavy atom. The molecule has 2 rings (SSSR count). The monoisotopic (exact) mass is 209 g/mol. The topological polar surface area (TPSA) is 36.1 Å². The lowest BCUT2D eigenvalue weighted by Crippen LogP contribution is -2.23. The summed E-state index contributed by atoms with van der Waals surface area (Å²) in [6.45, 7) is 0.961. The van der Waals surface area contributed by atoms with Gasteiger partial charge in [0.15, 0.2) is 0 Å². The molecule has 0 saturated carbocycles. The molecule has 0 aromatic rings. The molecule has 0 fully saturated rings. The first-order valence-electron chi connectivity index (χ1n) is 4.78. The molecular weight excluding hydrogens is 194 g/mol. The first-order valence-corrected chi connectivity index (χ1v) is 5.66. The predicted molar refractivity (Wildman–Crippen MR) is 61.2 cm³/mol. The molecule has 1 aliphatic heterocycles. The molecule has 0 saturated heterocycles. The Labute approximate surface area is 88.8 Å². The summed E-state index contributed by atoms with van der Waals surface area (Å²) < 4.78 is 0. The zero-order chi connectivity index (χ0) is 9.80. The maximum atomic E-state index is 3.16. The van der Waals surface area contributed by atoms with Gasteiger partial charge in [-0.3, -0.25) is 0 Å². The molecule has 0 spiro atoms. The quantitative estimate of drug-likeness (QED) is 0.612. The van der Waals surface area contributed by atoms with E-state index in [1.165, 1.54) is 11.3 Å². The highest BCUT2D eigenvalue weighted by Gasteiger charge is 2.15. The van der Waals surface area contributed by atoms with Gasteiger partial charge in [0, 0.05) is 23.6 Å². The fourth-order valence-corrected chi connectivity index (χ4v) is 2.22. The molecule has 1 aliphatic carbocycles. The zero-order valence-corrected chi connectivity index (χ0v) is 9.03. The second kappa shape index (κ2) is 4.68. The molecule has 0 radical (unpaired) electrons. The number of hydrazine groups is 1. The van der Waals surface area contributed by atoms with E-state index in [1.54, 1.807) is 11.9 Å². The molecule has 2 aliphatic rings. The van der Waals surface area contributed by atoms with Crippen LogP contribution >= 0.6 is 11.9 Å². The number of rotatable bonds is 3. The van der Waals surface area contributed by atoms with Crippen molar-refractivity contribution in [3.8, 4) is 0 Å². The third kappa shape index (κ3) is 2.20. The molecule has 0 bridgehead atoms. The Kier molecular flexibility index (Phi) is 3.29. The van der Waals surface area contributed by atoms with E-state index in [0.717, 1.165) is 13.0 Å². The van der Waals surface area contributed by atoms with Crippen LogP contribution in [0.25, 0.3) is 0 Å². The van der Waals surface area contributed by atoms with Gasteiger partial charge in [-0.15, -0.1) is 0 Å². The molecule has 1 unspecified atom stereocenters. The normalized spacial score (nSPS) is 25.6. The van der Waals surface area contributed by atoms with Gasteiger partial charge in [0.2, 0.25) is 0 Å². The summed E-state index contributed by atoms with van der Waals surface area (Å²) >= 11 is 1.60. The summed E-state index contributed by atoms with van der Waals surface area (Å²) in [5, 5.41) is 5.29. The van der Waals surface area contributed by atoms with E-state index in [4.69, 9.17) is 0 Å². The second-order valence-electron chi connectivity index (χ2n) is 3.43. The first-order chi connectivity index (χ1) is 6.90. The van der Waals surface area contributed by atoms with E-state index in [0.29, 0.717) is 5.92 Å². The average Bonchev–Trinajstić information content (AvgIpc) is 2.72. The van der Waals surface area contributed by atoms with Crippen LogP contribution in [-0.2, 0) is 0 Å². The zero-order valence-electron chi connectivity index (χ0n) is 8.21. The van der Waals surface area contributed by atoms with Gasteiger partial charge < -0.3 is 10.7 Å². The Hall–Kier alpha value is -0.710. The van der Waals surface area contributed by atoms with Crippen molar-refractivity contribution in [2.24, 2.45) is 5.92 Å². The van der Waals surface area contributed by atoms with Crippen LogP contribution in [0.2, 0.25) is 0 Å². The largest absolute Gasteiger partial charge is 0.316 e. The SMILES string of the molecule is CNCC1=CCC(C2=CSNN2)C=C1. The van der Waals surface area contributed by atoms with Gasteiger partial charge in [-0.2, -0.15) is 4.83 Å². The number of nitrogens with one attached hydrogen (secondary N) is 3. The summed E-state index contributed by atoms with van der Waals surface area (Å²) in [7, 11) is 1.97.